The number of ether oxygens (including phenoxy) is 2. The van der Waals surface area contributed by atoms with E-state index in [1.54, 1.807) is 12.3 Å². The normalized spacial score (nSPS) is 20.1. The predicted octanol–water partition coefficient (Wildman–Crippen LogP) is 1.84. The molecule has 1 aliphatic rings. The summed E-state index contributed by atoms with van der Waals surface area (Å²) in [6.07, 6.45) is 1.58. The second kappa shape index (κ2) is 5.18. The number of carbonyl (C=O) groups excluding carboxylic acids is 1. The molecule has 1 aliphatic heterocycles. The van der Waals surface area contributed by atoms with Crippen molar-refractivity contribution >= 4 is 17.5 Å². The zero-order chi connectivity index (χ0) is 15.8. The van der Waals surface area contributed by atoms with Gasteiger partial charge in [0.25, 0.3) is 0 Å². The van der Waals surface area contributed by atoms with E-state index in [2.05, 4.69) is 9.88 Å². The Hall–Kier alpha value is -1.82. The number of morpholine rings is 1. The second-order valence-electron chi connectivity index (χ2n) is 6.56. The van der Waals surface area contributed by atoms with Crippen molar-refractivity contribution in [1.29, 1.82) is 0 Å². The quantitative estimate of drug-likeness (QED) is 0.838. The van der Waals surface area contributed by atoms with Crippen molar-refractivity contribution in [2.75, 3.05) is 30.8 Å². The van der Waals surface area contributed by atoms with Crippen molar-refractivity contribution < 1.29 is 14.3 Å². The van der Waals surface area contributed by atoms with Crippen molar-refractivity contribution in [3.05, 3.63) is 17.8 Å². The minimum atomic E-state index is -0.456. The third-order valence-electron chi connectivity index (χ3n) is 3.37. The summed E-state index contributed by atoms with van der Waals surface area (Å²) < 4.78 is 10.8. The van der Waals surface area contributed by atoms with Gasteiger partial charge in [0, 0.05) is 19.3 Å². The number of hydrogen-bond donors (Lipinski definition) is 1. The maximum absolute atomic E-state index is 11.8. The van der Waals surface area contributed by atoms with E-state index in [0.717, 1.165) is 0 Å². The third-order valence-corrected chi connectivity index (χ3v) is 3.37. The van der Waals surface area contributed by atoms with Crippen LogP contribution in [0.5, 0.6) is 0 Å². The molecule has 0 bridgehead atoms. The van der Waals surface area contributed by atoms with Gasteiger partial charge in [0.2, 0.25) is 0 Å². The van der Waals surface area contributed by atoms with Gasteiger partial charge in [-0.3, -0.25) is 0 Å². The first-order valence-electron chi connectivity index (χ1n) is 6.93. The average Bonchev–Trinajstić information content (AvgIpc) is 2.34. The molecule has 0 spiro atoms. The molecule has 2 N–H and O–H groups in total. The Morgan fingerprint density at radius 2 is 1.90 bits per heavy atom. The summed E-state index contributed by atoms with van der Waals surface area (Å²) in [7, 11) is 1.34. The highest BCUT2D eigenvalue weighted by atomic mass is 16.5. The molecule has 0 aliphatic carbocycles. The number of pyridine rings is 1. The van der Waals surface area contributed by atoms with Crippen LogP contribution in [-0.4, -0.2) is 42.4 Å². The maximum atomic E-state index is 11.8. The van der Waals surface area contributed by atoms with E-state index in [1.165, 1.54) is 7.11 Å². The van der Waals surface area contributed by atoms with Crippen molar-refractivity contribution in [3.63, 3.8) is 0 Å². The summed E-state index contributed by atoms with van der Waals surface area (Å²) in [6, 6.07) is 1.57. The molecule has 6 nitrogen and oxygen atoms in total. The lowest BCUT2D eigenvalue weighted by molar-refractivity contribution is -0.133. The van der Waals surface area contributed by atoms with Gasteiger partial charge >= 0.3 is 5.97 Å². The predicted molar refractivity (Wildman–Crippen MR) is 81.4 cm³/mol. The Bertz CT molecular complexity index is 539. The summed E-state index contributed by atoms with van der Waals surface area (Å²) in [5, 5.41) is 0. The van der Waals surface area contributed by atoms with Gasteiger partial charge in [-0.15, -0.1) is 0 Å². The molecule has 6 heteroatoms. The molecule has 0 saturated carbocycles. The fourth-order valence-corrected chi connectivity index (χ4v) is 2.94. The van der Waals surface area contributed by atoms with Crippen LogP contribution in [0, 0.1) is 0 Å². The van der Waals surface area contributed by atoms with Gasteiger partial charge in [0.1, 0.15) is 0 Å². The Morgan fingerprint density at radius 1 is 1.33 bits per heavy atom. The number of methoxy groups -OCH3 is 1. The summed E-state index contributed by atoms with van der Waals surface area (Å²) in [6.45, 7) is 9.42. The Balaban J connectivity index is 2.40. The molecule has 1 aromatic heterocycles. The van der Waals surface area contributed by atoms with Gasteiger partial charge in [-0.2, -0.15) is 0 Å². The first kappa shape index (κ1) is 15.6. The van der Waals surface area contributed by atoms with E-state index in [-0.39, 0.29) is 11.2 Å². The first-order chi connectivity index (χ1) is 9.65. The van der Waals surface area contributed by atoms with Crippen molar-refractivity contribution in [1.82, 2.24) is 4.98 Å². The first-order valence-corrected chi connectivity index (χ1v) is 6.93. The fraction of sp³-hybridized carbons (Fsp3) is 0.600. The monoisotopic (exact) mass is 293 g/mol. The smallest absolute Gasteiger partial charge is 0.340 e. The van der Waals surface area contributed by atoms with Crippen molar-refractivity contribution in [3.8, 4) is 0 Å². The average molecular weight is 293 g/mol. The number of nitrogens with two attached hydrogens (primary N) is 1. The molecular weight excluding hydrogens is 270 g/mol. The molecule has 0 unspecified atom stereocenters. The summed E-state index contributed by atoms with van der Waals surface area (Å²) >= 11 is 0. The topological polar surface area (TPSA) is 77.7 Å². The molecule has 116 valence electrons. The van der Waals surface area contributed by atoms with E-state index in [4.69, 9.17) is 15.2 Å². The van der Waals surface area contributed by atoms with Crippen LogP contribution < -0.4 is 10.6 Å². The minimum Gasteiger partial charge on any atom is -0.465 e. The zero-order valence-electron chi connectivity index (χ0n) is 13.3. The lowest BCUT2D eigenvalue weighted by atomic mass is 9.98. The number of aromatic nitrogens is 1. The highest BCUT2D eigenvalue weighted by molar-refractivity contribution is 5.97. The van der Waals surface area contributed by atoms with Crippen LogP contribution in [0.4, 0.5) is 11.5 Å². The molecule has 2 heterocycles. The van der Waals surface area contributed by atoms with Crippen LogP contribution in [0.3, 0.4) is 0 Å². The Morgan fingerprint density at radius 3 is 2.43 bits per heavy atom. The number of esters is 1. The number of anilines is 2. The molecule has 0 radical (unpaired) electrons. The minimum absolute atomic E-state index is 0.322. The number of nitrogen functional groups attached to an aromatic ring is 1. The van der Waals surface area contributed by atoms with E-state index < -0.39 is 5.97 Å². The molecule has 1 aromatic rings. The molecule has 2 rings (SSSR count). The molecule has 0 amide bonds. The number of hydrogen-bond acceptors (Lipinski definition) is 6. The number of nitrogens with zero attached hydrogens (tertiary/aromatic N) is 2. The van der Waals surface area contributed by atoms with Crippen LogP contribution in [0.25, 0.3) is 0 Å². The summed E-state index contributed by atoms with van der Waals surface area (Å²) in [5.74, 6) is 0.144. The standard InChI is InChI=1S/C15H23N3O3/c1-14(2)8-18(9-15(3,4)21-14)12-11(16)10(6-7-17-12)13(19)20-5/h6-7H,8-9,16H2,1-5H3. The van der Waals surface area contributed by atoms with Gasteiger partial charge in [0.15, 0.2) is 5.82 Å². The molecule has 21 heavy (non-hydrogen) atoms. The van der Waals surface area contributed by atoms with E-state index in [1.807, 2.05) is 27.7 Å². The van der Waals surface area contributed by atoms with Gasteiger partial charge in [-0.05, 0) is 33.8 Å². The van der Waals surface area contributed by atoms with Gasteiger partial charge in [0.05, 0.1) is 29.6 Å². The van der Waals surface area contributed by atoms with Crippen molar-refractivity contribution in [2.45, 2.75) is 38.9 Å². The van der Waals surface area contributed by atoms with Crippen LogP contribution in [0.15, 0.2) is 12.3 Å². The van der Waals surface area contributed by atoms with E-state index >= 15 is 0 Å². The highest BCUT2D eigenvalue weighted by Gasteiger charge is 2.39. The van der Waals surface area contributed by atoms with Crippen molar-refractivity contribution in [2.24, 2.45) is 0 Å². The maximum Gasteiger partial charge on any atom is 0.340 e. The zero-order valence-corrected chi connectivity index (χ0v) is 13.3. The largest absolute Gasteiger partial charge is 0.465 e. The Kier molecular flexibility index (Phi) is 3.84. The third kappa shape index (κ3) is 3.26. The SMILES string of the molecule is COC(=O)c1ccnc(N2CC(C)(C)OC(C)(C)C2)c1N. The molecule has 0 aromatic carbocycles. The molecular formula is C15H23N3O3. The lowest BCUT2D eigenvalue weighted by Crippen LogP contribution is -2.57. The second-order valence-corrected chi connectivity index (χ2v) is 6.56. The molecule has 0 atom stereocenters. The highest BCUT2D eigenvalue weighted by Crippen LogP contribution is 2.33. The summed E-state index contributed by atoms with van der Waals surface area (Å²) in [5.41, 5.74) is 6.16. The molecule has 1 saturated heterocycles. The van der Waals surface area contributed by atoms with Crippen LogP contribution in [-0.2, 0) is 9.47 Å². The number of rotatable bonds is 2. The van der Waals surface area contributed by atoms with Crippen LogP contribution in [0.2, 0.25) is 0 Å². The van der Waals surface area contributed by atoms with Gasteiger partial charge in [-0.25, -0.2) is 9.78 Å². The Labute approximate surface area is 125 Å². The fourth-order valence-electron chi connectivity index (χ4n) is 2.94. The number of carbonyl (C=O) groups is 1. The van der Waals surface area contributed by atoms with E-state index in [9.17, 15) is 4.79 Å². The lowest BCUT2D eigenvalue weighted by Gasteiger charge is -2.47. The molecule has 1 fully saturated rings. The van der Waals surface area contributed by atoms with Gasteiger partial charge in [-0.1, -0.05) is 0 Å². The van der Waals surface area contributed by atoms with Crippen LogP contribution in [0.1, 0.15) is 38.1 Å². The van der Waals surface area contributed by atoms with Gasteiger partial charge < -0.3 is 20.1 Å². The summed E-state index contributed by atoms with van der Waals surface area (Å²) in [4.78, 5) is 18.2. The van der Waals surface area contributed by atoms with Crippen LogP contribution >= 0.6 is 0 Å². The van der Waals surface area contributed by atoms with E-state index in [0.29, 0.717) is 30.2 Å².